The van der Waals surface area contributed by atoms with E-state index in [-0.39, 0.29) is 0 Å². The molecule has 1 heterocycles. The number of hydrogen-bond acceptors (Lipinski definition) is 2. The first kappa shape index (κ1) is 15.6. The van der Waals surface area contributed by atoms with Gasteiger partial charge < -0.3 is 21.6 Å². The molecule has 0 saturated heterocycles. The van der Waals surface area contributed by atoms with E-state index < -0.39 is 6.09 Å². The van der Waals surface area contributed by atoms with Gasteiger partial charge in [-0.3, -0.25) is 0 Å². The summed E-state index contributed by atoms with van der Waals surface area (Å²) >= 11 is 0. The van der Waals surface area contributed by atoms with Crippen molar-refractivity contribution in [1.29, 1.82) is 0 Å². The molecule has 0 aliphatic heterocycles. The highest BCUT2D eigenvalue weighted by molar-refractivity contribution is 5.97. The van der Waals surface area contributed by atoms with Crippen molar-refractivity contribution in [3.05, 3.63) is 60.3 Å². The van der Waals surface area contributed by atoms with E-state index in [0.29, 0.717) is 6.54 Å². The third-order valence-corrected chi connectivity index (χ3v) is 3.24. The van der Waals surface area contributed by atoms with Crippen LogP contribution in [0, 0.1) is 0 Å². The van der Waals surface area contributed by atoms with Gasteiger partial charge in [0.1, 0.15) is 0 Å². The average Bonchev–Trinajstić information content (AvgIpc) is 2.86. The number of para-hydroxylation sites is 1. The van der Waals surface area contributed by atoms with E-state index in [0.717, 1.165) is 6.42 Å². The van der Waals surface area contributed by atoms with Crippen LogP contribution >= 0.6 is 0 Å². The van der Waals surface area contributed by atoms with Crippen LogP contribution in [0.2, 0.25) is 0 Å². The van der Waals surface area contributed by atoms with Gasteiger partial charge in [-0.05, 0) is 18.2 Å². The second kappa shape index (κ2) is 7.28. The van der Waals surface area contributed by atoms with E-state index in [9.17, 15) is 0 Å². The maximum absolute atomic E-state index is 8.78. The Morgan fingerprint density at radius 3 is 2.27 bits per heavy atom. The Kier molecular flexibility index (Phi) is 5.16. The Morgan fingerprint density at radius 1 is 1.05 bits per heavy atom. The van der Waals surface area contributed by atoms with E-state index in [1.807, 2.05) is 6.07 Å². The molecule has 1 amide bonds. The summed E-state index contributed by atoms with van der Waals surface area (Å²) in [6.45, 7) is 0.659. The van der Waals surface area contributed by atoms with Gasteiger partial charge in [-0.15, -0.1) is 0 Å². The number of primary amides is 1. The Balaban J connectivity index is 0.000000396. The number of fused-ring (bicyclic) bond motifs is 1. The predicted molar refractivity (Wildman–Crippen MR) is 88.7 cm³/mol. The van der Waals surface area contributed by atoms with Crippen molar-refractivity contribution in [2.45, 2.75) is 6.42 Å². The fraction of sp³-hybridized carbons (Fsp3) is 0.118. The quantitative estimate of drug-likeness (QED) is 0.597. The summed E-state index contributed by atoms with van der Waals surface area (Å²) in [5.74, 6) is 0. The first-order valence-corrected chi connectivity index (χ1v) is 6.97. The van der Waals surface area contributed by atoms with E-state index in [2.05, 4.69) is 59.2 Å². The molecule has 0 aliphatic rings. The number of H-pyrrole nitrogens is 1. The van der Waals surface area contributed by atoms with E-state index in [1.54, 1.807) is 0 Å². The molecule has 0 bridgehead atoms. The molecular formula is C17H19N3O2. The normalized spacial score (nSPS) is 10.0. The lowest BCUT2D eigenvalue weighted by Gasteiger charge is -2.03. The zero-order chi connectivity index (χ0) is 15.9. The number of nitrogens with one attached hydrogen (secondary N) is 1. The number of aromatic amines is 1. The van der Waals surface area contributed by atoms with Gasteiger partial charge in [-0.25, -0.2) is 4.79 Å². The number of amides is 1. The molecule has 3 rings (SSSR count). The lowest BCUT2D eigenvalue weighted by atomic mass is 10.0. The highest BCUT2D eigenvalue weighted by Crippen LogP contribution is 2.32. The van der Waals surface area contributed by atoms with Crippen LogP contribution in [0.1, 0.15) is 5.69 Å². The highest BCUT2D eigenvalue weighted by Gasteiger charge is 2.11. The number of nitrogens with two attached hydrogens (primary N) is 2. The average molecular weight is 297 g/mol. The van der Waals surface area contributed by atoms with Crippen molar-refractivity contribution in [3.63, 3.8) is 0 Å². The molecule has 0 atom stereocenters. The molecule has 0 saturated carbocycles. The molecule has 0 spiro atoms. The summed E-state index contributed by atoms with van der Waals surface area (Å²) in [7, 11) is 0. The van der Waals surface area contributed by atoms with Crippen molar-refractivity contribution in [2.24, 2.45) is 11.5 Å². The summed E-state index contributed by atoms with van der Waals surface area (Å²) in [6, 6.07) is 18.9. The standard InChI is InChI=1S/C16H16N2.CH3NO2/c17-11-10-15-16(12-6-2-1-3-7-12)13-8-4-5-9-14(13)18-15;2-1(3)4/h1-9,18H,10-11,17H2;2H2,(H,3,4). The lowest BCUT2D eigenvalue weighted by Crippen LogP contribution is -2.03. The Hall–Kier alpha value is -2.79. The van der Waals surface area contributed by atoms with Gasteiger partial charge >= 0.3 is 6.09 Å². The van der Waals surface area contributed by atoms with Crippen LogP contribution in [0.15, 0.2) is 54.6 Å². The molecule has 5 nitrogen and oxygen atoms in total. The topological polar surface area (TPSA) is 105 Å². The minimum absolute atomic E-state index is 0.659. The fourth-order valence-corrected chi connectivity index (χ4v) is 2.46. The molecule has 2 aromatic carbocycles. The monoisotopic (exact) mass is 297 g/mol. The summed E-state index contributed by atoms with van der Waals surface area (Å²) in [4.78, 5) is 12.3. The first-order valence-electron chi connectivity index (χ1n) is 6.97. The van der Waals surface area contributed by atoms with Gasteiger partial charge in [0.15, 0.2) is 0 Å². The number of carbonyl (C=O) groups is 1. The van der Waals surface area contributed by atoms with Crippen LogP contribution in [0.25, 0.3) is 22.0 Å². The maximum Gasteiger partial charge on any atom is 0.402 e. The van der Waals surface area contributed by atoms with Crippen molar-refractivity contribution >= 4 is 17.0 Å². The fourth-order valence-electron chi connectivity index (χ4n) is 2.46. The smallest absolute Gasteiger partial charge is 0.402 e. The maximum atomic E-state index is 8.78. The van der Waals surface area contributed by atoms with Crippen molar-refractivity contribution in [2.75, 3.05) is 6.54 Å². The van der Waals surface area contributed by atoms with Gasteiger partial charge in [0.2, 0.25) is 0 Å². The van der Waals surface area contributed by atoms with Crippen LogP contribution in [0.3, 0.4) is 0 Å². The summed E-state index contributed by atoms with van der Waals surface area (Å²) in [5.41, 5.74) is 14.7. The molecular weight excluding hydrogens is 278 g/mol. The van der Waals surface area contributed by atoms with Crippen LogP contribution < -0.4 is 11.5 Å². The van der Waals surface area contributed by atoms with E-state index >= 15 is 0 Å². The minimum atomic E-state index is -1.33. The van der Waals surface area contributed by atoms with E-state index in [1.165, 1.54) is 27.7 Å². The Labute approximate surface area is 128 Å². The molecule has 1 aromatic heterocycles. The van der Waals surface area contributed by atoms with Gasteiger partial charge in [-0.2, -0.15) is 0 Å². The Bertz CT molecular complexity index is 747. The molecule has 114 valence electrons. The van der Waals surface area contributed by atoms with Crippen molar-refractivity contribution < 1.29 is 9.90 Å². The largest absolute Gasteiger partial charge is 0.465 e. The van der Waals surface area contributed by atoms with Crippen molar-refractivity contribution in [3.8, 4) is 11.1 Å². The minimum Gasteiger partial charge on any atom is -0.465 e. The Morgan fingerprint density at radius 2 is 1.64 bits per heavy atom. The summed E-state index contributed by atoms with van der Waals surface area (Å²) < 4.78 is 0. The zero-order valence-corrected chi connectivity index (χ0v) is 12.1. The molecule has 3 aromatic rings. The molecule has 0 radical (unpaired) electrons. The first-order chi connectivity index (χ1) is 10.6. The van der Waals surface area contributed by atoms with Gasteiger partial charge in [0, 0.05) is 28.6 Å². The van der Waals surface area contributed by atoms with Gasteiger partial charge in [0.05, 0.1) is 0 Å². The molecule has 22 heavy (non-hydrogen) atoms. The van der Waals surface area contributed by atoms with Crippen LogP contribution in [-0.4, -0.2) is 22.7 Å². The number of hydrogen-bond donors (Lipinski definition) is 4. The van der Waals surface area contributed by atoms with Gasteiger partial charge in [-0.1, -0.05) is 48.5 Å². The SMILES string of the molecule is NC(=O)O.NCCc1[nH]c2ccccc2c1-c1ccccc1. The second-order valence-corrected chi connectivity index (χ2v) is 4.77. The third kappa shape index (κ3) is 3.65. The second-order valence-electron chi connectivity index (χ2n) is 4.77. The molecule has 0 aliphatic carbocycles. The number of carboxylic acid groups (broad SMARTS) is 1. The highest BCUT2D eigenvalue weighted by atomic mass is 16.4. The van der Waals surface area contributed by atoms with Gasteiger partial charge in [0.25, 0.3) is 0 Å². The number of benzene rings is 2. The predicted octanol–water partition coefficient (Wildman–Crippen LogP) is 2.96. The van der Waals surface area contributed by atoms with Crippen molar-refractivity contribution in [1.82, 2.24) is 4.98 Å². The van der Waals surface area contributed by atoms with E-state index in [4.69, 9.17) is 15.6 Å². The van der Waals surface area contributed by atoms with Crippen LogP contribution in [-0.2, 0) is 6.42 Å². The summed E-state index contributed by atoms with van der Waals surface area (Å²) in [5, 5.41) is 8.46. The summed E-state index contributed by atoms with van der Waals surface area (Å²) in [6.07, 6.45) is -0.459. The molecule has 0 fully saturated rings. The number of rotatable bonds is 3. The molecule has 6 N–H and O–H groups in total. The van der Waals surface area contributed by atoms with Crippen LogP contribution in [0.5, 0.6) is 0 Å². The third-order valence-electron chi connectivity index (χ3n) is 3.24. The zero-order valence-electron chi connectivity index (χ0n) is 12.1. The molecule has 0 unspecified atom stereocenters. The van der Waals surface area contributed by atoms with Crippen LogP contribution in [0.4, 0.5) is 4.79 Å². The number of aromatic nitrogens is 1. The molecule has 5 heteroatoms. The lowest BCUT2D eigenvalue weighted by molar-refractivity contribution is 0.205.